The van der Waals surface area contributed by atoms with Crippen LogP contribution in [0.3, 0.4) is 0 Å². The van der Waals surface area contributed by atoms with Crippen molar-refractivity contribution in [2.75, 3.05) is 38.1 Å². The fraction of sp³-hybridized carbons (Fsp3) is 0.600. The van der Waals surface area contributed by atoms with Gasteiger partial charge in [0.1, 0.15) is 0 Å². The van der Waals surface area contributed by atoms with Gasteiger partial charge in [-0.15, -0.1) is 0 Å². The summed E-state index contributed by atoms with van der Waals surface area (Å²) in [7, 11) is 2.19. The van der Waals surface area contributed by atoms with Crippen molar-refractivity contribution in [2.24, 2.45) is 0 Å². The number of hydrogen-bond donors (Lipinski definition) is 1. The maximum atomic E-state index is 10.1. The van der Waals surface area contributed by atoms with Gasteiger partial charge in [0.2, 0.25) is 0 Å². The predicted molar refractivity (Wildman–Crippen MR) is 82.1 cm³/mol. The molecule has 0 amide bonds. The summed E-state index contributed by atoms with van der Waals surface area (Å²) < 4.78 is 0.799. The van der Waals surface area contributed by atoms with Crippen LogP contribution in [0.15, 0.2) is 12.1 Å². The van der Waals surface area contributed by atoms with E-state index in [-0.39, 0.29) is 0 Å². The molecule has 1 saturated heterocycles. The number of likely N-dealkylation sites (N-methyl/N-ethyl adjacent to an activating group) is 1. The zero-order valence-electron chi connectivity index (χ0n) is 11.6. The maximum absolute atomic E-state index is 10.1. The first-order valence-corrected chi connectivity index (χ1v) is 8.58. The summed E-state index contributed by atoms with van der Waals surface area (Å²) in [5, 5.41) is 10.1. The first-order valence-electron chi connectivity index (χ1n) is 7.18. The SMILES string of the molecule is CN1CCN(c2ccc(O)c3c2CC([AsH2])CC3)CC1. The second-order valence-electron chi connectivity index (χ2n) is 5.85. The molecule has 0 bridgehead atoms. The Labute approximate surface area is 124 Å². The Morgan fingerprint density at radius 3 is 2.63 bits per heavy atom. The number of fused-ring (bicyclic) bond motifs is 1. The average Bonchev–Trinajstić information content (AvgIpc) is 2.40. The van der Waals surface area contributed by atoms with Crippen LogP contribution < -0.4 is 4.90 Å². The van der Waals surface area contributed by atoms with Gasteiger partial charge in [0.25, 0.3) is 0 Å². The number of hydrogen-bond acceptors (Lipinski definition) is 3. The average molecular weight is 322 g/mol. The summed E-state index contributed by atoms with van der Waals surface area (Å²) in [4.78, 5) is 4.89. The number of benzene rings is 1. The molecule has 1 aliphatic carbocycles. The monoisotopic (exact) mass is 322 g/mol. The predicted octanol–water partition coefficient (Wildman–Crippen LogP) is 1.05. The van der Waals surface area contributed by atoms with Crippen molar-refractivity contribution < 1.29 is 5.11 Å². The summed E-state index contributed by atoms with van der Waals surface area (Å²) in [6.07, 6.45) is 3.42. The zero-order valence-corrected chi connectivity index (χ0v) is 14.0. The van der Waals surface area contributed by atoms with Crippen LogP contribution in [-0.2, 0) is 12.8 Å². The molecule has 0 radical (unpaired) electrons. The molecule has 2 atom stereocenters. The normalized spacial score (nSPS) is 24.3. The van der Waals surface area contributed by atoms with E-state index in [0.29, 0.717) is 5.75 Å². The van der Waals surface area contributed by atoms with E-state index < -0.39 is 0 Å². The van der Waals surface area contributed by atoms with Gasteiger partial charge in [-0.05, 0) is 0 Å². The van der Waals surface area contributed by atoms with Crippen molar-refractivity contribution in [3.8, 4) is 5.75 Å². The van der Waals surface area contributed by atoms with E-state index in [1.54, 1.807) is 0 Å². The van der Waals surface area contributed by atoms with Gasteiger partial charge in [-0.2, -0.15) is 0 Å². The van der Waals surface area contributed by atoms with Crippen molar-refractivity contribution in [1.82, 2.24) is 4.90 Å². The van der Waals surface area contributed by atoms with Gasteiger partial charge in [0, 0.05) is 0 Å². The van der Waals surface area contributed by atoms with Crippen molar-refractivity contribution >= 4 is 22.5 Å². The van der Waals surface area contributed by atoms with Crippen LogP contribution in [0.2, 0.25) is 4.71 Å². The Morgan fingerprint density at radius 2 is 1.89 bits per heavy atom. The van der Waals surface area contributed by atoms with Crippen LogP contribution in [0.5, 0.6) is 5.75 Å². The van der Waals surface area contributed by atoms with Crippen LogP contribution in [-0.4, -0.2) is 60.1 Å². The molecule has 1 heterocycles. The fourth-order valence-corrected chi connectivity index (χ4v) is 4.06. The molecule has 2 aliphatic rings. The molecule has 2 unspecified atom stereocenters. The molecular formula is C15H23AsN2O. The minimum absolute atomic E-state index is 0.507. The van der Waals surface area contributed by atoms with Crippen LogP contribution in [0, 0.1) is 0 Å². The third kappa shape index (κ3) is 2.64. The van der Waals surface area contributed by atoms with Crippen LogP contribution in [0.1, 0.15) is 17.5 Å². The van der Waals surface area contributed by atoms with Crippen LogP contribution in [0.25, 0.3) is 0 Å². The molecular weight excluding hydrogens is 299 g/mol. The standard InChI is InChI=1S/C15H23AsN2O/c1-17-6-8-18(9-7-17)14-4-5-15(19)12-3-2-11(16)10-13(12)14/h4-5,11,19H,2-3,6-10,16H2,1H3. The molecule has 0 saturated carbocycles. The Bertz CT molecular complexity index is 469. The molecule has 4 heteroatoms. The Hall–Kier alpha value is -0.662. The minimum atomic E-state index is 0.507. The molecule has 1 aliphatic heterocycles. The number of phenolic OH excluding ortho intramolecular Hbond substituents is 1. The van der Waals surface area contributed by atoms with Crippen LogP contribution in [0.4, 0.5) is 5.69 Å². The van der Waals surface area contributed by atoms with Gasteiger partial charge in [0.15, 0.2) is 0 Å². The van der Waals surface area contributed by atoms with Gasteiger partial charge >= 0.3 is 124 Å². The molecule has 3 rings (SSSR count). The summed E-state index contributed by atoms with van der Waals surface area (Å²) in [5.41, 5.74) is 4.01. The Kier molecular flexibility index (Phi) is 3.77. The van der Waals surface area contributed by atoms with Crippen molar-refractivity contribution in [3.05, 3.63) is 23.3 Å². The van der Waals surface area contributed by atoms with E-state index in [1.807, 2.05) is 22.9 Å². The first-order chi connectivity index (χ1) is 9.15. The molecule has 104 valence electrons. The first kappa shape index (κ1) is 13.3. The third-order valence-corrected chi connectivity index (χ3v) is 5.65. The molecule has 19 heavy (non-hydrogen) atoms. The van der Waals surface area contributed by atoms with E-state index in [0.717, 1.165) is 43.7 Å². The van der Waals surface area contributed by atoms with Gasteiger partial charge < -0.3 is 0 Å². The van der Waals surface area contributed by atoms with E-state index in [4.69, 9.17) is 0 Å². The third-order valence-electron chi connectivity index (χ3n) is 4.46. The molecule has 1 fully saturated rings. The van der Waals surface area contributed by atoms with Gasteiger partial charge in [-0.1, -0.05) is 0 Å². The van der Waals surface area contributed by atoms with E-state index >= 15 is 0 Å². The number of aromatic hydroxyl groups is 1. The molecule has 1 N–H and O–H groups in total. The van der Waals surface area contributed by atoms with Gasteiger partial charge in [-0.25, -0.2) is 0 Å². The van der Waals surface area contributed by atoms with Crippen molar-refractivity contribution in [1.29, 1.82) is 0 Å². The topological polar surface area (TPSA) is 26.7 Å². The summed E-state index contributed by atoms with van der Waals surface area (Å²) >= 11 is 1.85. The molecule has 0 aromatic heterocycles. The number of piperazine rings is 1. The van der Waals surface area contributed by atoms with Crippen LogP contribution >= 0.6 is 0 Å². The zero-order chi connectivity index (χ0) is 13.4. The number of phenols is 1. The van der Waals surface area contributed by atoms with Crippen molar-refractivity contribution in [2.45, 2.75) is 24.0 Å². The summed E-state index contributed by atoms with van der Waals surface area (Å²) in [6.45, 7) is 4.48. The Balaban J connectivity index is 1.93. The number of anilines is 1. The van der Waals surface area contributed by atoms with Crippen molar-refractivity contribution in [3.63, 3.8) is 0 Å². The Morgan fingerprint density at radius 1 is 1.16 bits per heavy atom. The van der Waals surface area contributed by atoms with E-state index in [9.17, 15) is 5.11 Å². The number of nitrogens with zero attached hydrogens (tertiary/aromatic N) is 2. The van der Waals surface area contributed by atoms with Gasteiger partial charge in [-0.3, -0.25) is 0 Å². The summed E-state index contributed by atoms with van der Waals surface area (Å²) in [6, 6.07) is 4.03. The fourth-order valence-electron chi connectivity index (χ4n) is 3.21. The molecule has 0 spiro atoms. The molecule has 3 nitrogen and oxygen atoms in total. The van der Waals surface area contributed by atoms with E-state index in [1.165, 1.54) is 23.2 Å². The molecule has 1 aromatic rings. The second-order valence-corrected chi connectivity index (χ2v) is 7.83. The second kappa shape index (κ2) is 5.38. The quantitative estimate of drug-likeness (QED) is 0.783. The van der Waals surface area contributed by atoms with Gasteiger partial charge in [0.05, 0.1) is 0 Å². The molecule has 1 aromatic carbocycles. The summed E-state index contributed by atoms with van der Waals surface area (Å²) in [5.74, 6) is 0.507. The van der Waals surface area contributed by atoms with E-state index in [2.05, 4.69) is 22.9 Å². The number of rotatable bonds is 1.